The van der Waals surface area contributed by atoms with Crippen LogP contribution in [0.3, 0.4) is 0 Å². The minimum Gasteiger partial charge on any atom is -0.475 e. The van der Waals surface area contributed by atoms with Crippen LogP contribution in [0.1, 0.15) is 28.8 Å². The fraction of sp³-hybridized carbons (Fsp3) is 0.421. The number of ether oxygens (including phenoxy) is 2. The number of anilines is 1. The highest BCUT2D eigenvalue weighted by molar-refractivity contribution is 5.94. The van der Waals surface area contributed by atoms with Gasteiger partial charge in [-0.2, -0.15) is 0 Å². The minimum atomic E-state index is -0.174. The average molecular weight is 356 g/mol. The Bertz CT molecular complexity index is 715. The highest BCUT2D eigenvalue weighted by Crippen LogP contribution is 2.17. The molecule has 2 aromatic heterocycles. The molecule has 3 heterocycles. The predicted molar refractivity (Wildman–Crippen MR) is 98.5 cm³/mol. The van der Waals surface area contributed by atoms with E-state index >= 15 is 0 Å². The Labute approximate surface area is 153 Å². The minimum absolute atomic E-state index is 0.174. The Balaban J connectivity index is 1.52. The predicted octanol–water partition coefficient (Wildman–Crippen LogP) is 2.03. The van der Waals surface area contributed by atoms with E-state index in [-0.39, 0.29) is 5.91 Å². The third-order valence-electron chi connectivity index (χ3n) is 4.23. The molecule has 1 aliphatic rings. The van der Waals surface area contributed by atoms with Crippen LogP contribution in [0.25, 0.3) is 0 Å². The molecular formula is C19H24N4O3. The van der Waals surface area contributed by atoms with Crippen molar-refractivity contribution in [2.24, 2.45) is 0 Å². The zero-order valence-corrected chi connectivity index (χ0v) is 15.0. The van der Waals surface area contributed by atoms with E-state index in [1.807, 2.05) is 18.3 Å². The van der Waals surface area contributed by atoms with Crippen molar-refractivity contribution in [2.75, 3.05) is 38.3 Å². The summed E-state index contributed by atoms with van der Waals surface area (Å²) in [5.41, 5.74) is 1.47. The van der Waals surface area contributed by atoms with Crippen molar-refractivity contribution in [1.29, 1.82) is 0 Å². The third-order valence-corrected chi connectivity index (χ3v) is 4.23. The zero-order chi connectivity index (χ0) is 18.2. The topological polar surface area (TPSA) is 76.6 Å². The first-order valence-electron chi connectivity index (χ1n) is 8.82. The highest BCUT2D eigenvalue weighted by Gasteiger charge is 2.13. The van der Waals surface area contributed by atoms with Crippen LogP contribution in [-0.2, 0) is 11.3 Å². The first-order valence-corrected chi connectivity index (χ1v) is 8.82. The maximum absolute atomic E-state index is 12.3. The van der Waals surface area contributed by atoms with Gasteiger partial charge in [-0.25, -0.2) is 9.97 Å². The second kappa shape index (κ2) is 9.15. The van der Waals surface area contributed by atoms with Gasteiger partial charge in [0, 0.05) is 50.8 Å². The highest BCUT2D eigenvalue weighted by atomic mass is 16.5. The van der Waals surface area contributed by atoms with E-state index in [0.717, 1.165) is 24.5 Å². The van der Waals surface area contributed by atoms with Crippen LogP contribution in [0.2, 0.25) is 0 Å². The maximum Gasteiger partial charge on any atom is 0.251 e. The molecule has 0 aromatic carbocycles. The lowest BCUT2D eigenvalue weighted by atomic mass is 10.2. The number of nitrogens with one attached hydrogen (secondary N) is 1. The summed E-state index contributed by atoms with van der Waals surface area (Å²) < 4.78 is 10.4. The largest absolute Gasteiger partial charge is 0.475 e. The second-order valence-corrected chi connectivity index (χ2v) is 6.13. The van der Waals surface area contributed by atoms with Crippen molar-refractivity contribution < 1.29 is 14.3 Å². The average Bonchev–Trinajstić information content (AvgIpc) is 3.22. The lowest BCUT2D eigenvalue weighted by Gasteiger charge is -2.16. The van der Waals surface area contributed by atoms with Crippen molar-refractivity contribution in [3.63, 3.8) is 0 Å². The number of aromatic nitrogens is 2. The molecule has 1 amide bonds. The molecular weight excluding hydrogens is 332 g/mol. The van der Waals surface area contributed by atoms with E-state index in [2.05, 4.69) is 20.2 Å². The summed E-state index contributed by atoms with van der Waals surface area (Å²) in [5, 5.41) is 2.90. The van der Waals surface area contributed by atoms with E-state index in [4.69, 9.17) is 9.47 Å². The Morgan fingerprint density at radius 2 is 2.04 bits per heavy atom. The normalized spacial score (nSPS) is 13.7. The number of carbonyl (C=O) groups is 1. The Hall–Kier alpha value is -2.67. The van der Waals surface area contributed by atoms with E-state index < -0.39 is 0 Å². The molecule has 0 atom stereocenters. The second-order valence-electron chi connectivity index (χ2n) is 6.13. The number of amides is 1. The quantitative estimate of drug-likeness (QED) is 0.730. The summed E-state index contributed by atoms with van der Waals surface area (Å²) in [5.74, 6) is 1.24. The monoisotopic (exact) mass is 356 g/mol. The lowest BCUT2D eigenvalue weighted by Crippen LogP contribution is -2.23. The number of carbonyl (C=O) groups excluding carboxylic acids is 1. The van der Waals surface area contributed by atoms with Crippen LogP contribution in [0.5, 0.6) is 5.88 Å². The van der Waals surface area contributed by atoms with Crippen molar-refractivity contribution >= 4 is 11.7 Å². The summed E-state index contributed by atoms with van der Waals surface area (Å²) in [6.45, 7) is 3.43. The Morgan fingerprint density at radius 1 is 1.19 bits per heavy atom. The van der Waals surface area contributed by atoms with Crippen molar-refractivity contribution in [1.82, 2.24) is 15.3 Å². The molecule has 0 radical (unpaired) electrons. The molecule has 1 saturated heterocycles. The van der Waals surface area contributed by atoms with Crippen LogP contribution in [-0.4, -0.2) is 49.3 Å². The van der Waals surface area contributed by atoms with E-state index in [9.17, 15) is 4.79 Å². The van der Waals surface area contributed by atoms with Gasteiger partial charge in [0.1, 0.15) is 12.4 Å². The smallest absolute Gasteiger partial charge is 0.251 e. The molecule has 1 N–H and O–H groups in total. The fourth-order valence-corrected chi connectivity index (χ4v) is 2.80. The summed E-state index contributed by atoms with van der Waals surface area (Å²) in [7, 11) is 1.60. The SMILES string of the molecule is COCCOc1cc(C(=O)NCc2ccc(N3CCCC3)nc2)ccn1. The van der Waals surface area contributed by atoms with Crippen LogP contribution >= 0.6 is 0 Å². The van der Waals surface area contributed by atoms with Crippen LogP contribution in [0.4, 0.5) is 5.82 Å². The van der Waals surface area contributed by atoms with E-state index in [1.54, 1.807) is 25.4 Å². The van der Waals surface area contributed by atoms with Crippen LogP contribution in [0, 0.1) is 0 Å². The van der Waals surface area contributed by atoms with E-state index in [0.29, 0.717) is 31.2 Å². The molecule has 26 heavy (non-hydrogen) atoms. The van der Waals surface area contributed by atoms with Gasteiger partial charge in [-0.05, 0) is 30.5 Å². The molecule has 0 saturated carbocycles. The molecule has 2 aromatic rings. The molecule has 7 heteroatoms. The van der Waals surface area contributed by atoms with Gasteiger partial charge in [-0.15, -0.1) is 0 Å². The van der Waals surface area contributed by atoms with Crippen molar-refractivity contribution in [3.8, 4) is 5.88 Å². The van der Waals surface area contributed by atoms with E-state index in [1.165, 1.54) is 12.8 Å². The van der Waals surface area contributed by atoms with Gasteiger partial charge in [-0.3, -0.25) is 4.79 Å². The van der Waals surface area contributed by atoms with Gasteiger partial charge in [-0.1, -0.05) is 6.07 Å². The maximum atomic E-state index is 12.3. The number of nitrogens with zero attached hydrogens (tertiary/aromatic N) is 3. The van der Waals surface area contributed by atoms with Gasteiger partial charge in [0.05, 0.1) is 6.61 Å². The Morgan fingerprint density at radius 3 is 2.77 bits per heavy atom. The molecule has 0 unspecified atom stereocenters. The first kappa shape index (κ1) is 18.1. The summed E-state index contributed by atoms with van der Waals surface area (Å²) >= 11 is 0. The molecule has 7 nitrogen and oxygen atoms in total. The van der Waals surface area contributed by atoms with Gasteiger partial charge in [0.25, 0.3) is 5.91 Å². The standard InChI is InChI=1S/C19H24N4O3/c1-25-10-11-26-18-12-16(6-7-20-18)19(24)22-14-15-4-5-17(21-13-15)23-8-2-3-9-23/h4-7,12-13H,2-3,8-11,14H2,1H3,(H,22,24). The number of pyridine rings is 2. The number of hydrogen-bond donors (Lipinski definition) is 1. The fourth-order valence-electron chi connectivity index (χ4n) is 2.80. The van der Waals surface area contributed by atoms with Crippen molar-refractivity contribution in [2.45, 2.75) is 19.4 Å². The summed E-state index contributed by atoms with van der Waals surface area (Å²) in [4.78, 5) is 23.2. The van der Waals surface area contributed by atoms with Gasteiger partial charge >= 0.3 is 0 Å². The van der Waals surface area contributed by atoms with Crippen LogP contribution < -0.4 is 15.0 Å². The number of methoxy groups -OCH3 is 1. The molecule has 1 aliphatic heterocycles. The number of rotatable bonds is 8. The summed E-state index contributed by atoms with van der Waals surface area (Å²) in [6.07, 6.45) is 5.83. The summed E-state index contributed by atoms with van der Waals surface area (Å²) in [6, 6.07) is 7.31. The lowest BCUT2D eigenvalue weighted by molar-refractivity contribution is 0.0950. The van der Waals surface area contributed by atoms with Crippen LogP contribution in [0.15, 0.2) is 36.7 Å². The molecule has 0 spiro atoms. The zero-order valence-electron chi connectivity index (χ0n) is 15.0. The number of hydrogen-bond acceptors (Lipinski definition) is 6. The van der Waals surface area contributed by atoms with Gasteiger partial charge < -0.3 is 19.7 Å². The van der Waals surface area contributed by atoms with Crippen molar-refractivity contribution in [3.05, 3.63) is 47.8 Å². The molecule has 0 bridgehead atoms. The molecule has 1 fully saturated rings. The van der Waals surface area contributed by atoms with Gasteiger partial charge in [0.2, 0.25) is 5.88 Å². The third kappa shape index (κ3) is 4.92. The first-order chi connectivity index (χ1) is 12.8. The molecule has 0 aliphatic carbocycles. The Kier molecular flexibility index (Phi) is 6.38. The van der Waals surface area contributed by atoms with Gasteiger partial charge in [0.15, 0.2) is 0 Å². The molecule has 3 rings (SSSR count). The molecule has 138 valence electrons.